The Bertz CT molecular complexity index is 1040. The van der Waals surface area contributed by atoms with Gasteiger partial charge in [0.05, 0.1) is 5.02 Å². The fraction of sp³-hybridized carbons (Fsp3) is 0.318. The number of aliphatic carboxylic acids is 1. The highest BCUT2D eigenvalue weighted by molar-refractivity contribution is 6.31. The van der Waals surface area contributed by atoms with Gasteiger partial charge in [0.15, 0.2) is 0 Å². The highest BCUT2D eigenvalue weighted by Crippen LogP contribution is 2.19. The molecule has 0 radical (unpaired) electrons. The minimum absolute atomic E-state index is 0.117. The number of hydrogen-bond donors (Lipinski definition) is 2. The highest BCUT2D eigenvalue weighted by Gasteiger charge is 2.38. The van der Waals surface area contributed by atoms with Gasteiger partial charge in [-0.25, -0.2) is 13.6 Å². The molecule has 1 aliphatic heterocycles. The van der Waals surface area contributed by atoms with Gasteiger partial charge >= 0.3 is 12.1 Å². The number of benzene rings is 2. The summed E-state index contributed by atoms with van der Waals surface area (Å²) in [5.41, 5.74) is 0.859. The van der Waals surface area contributed by atoms with Crippen molar-refractivity contribution in [3.63, 3.8) is 0 Å². The molecule has 2 N–H and O–H groups in total. The minimum atomic E-state index is -5.08. The van der Waals surface area contributed by atoms with Crippen LogP contribution < -0.4 is 5.32 Å². The lowest BCUT2D eigenvalue weighted by molar-refractivity contribution is -0.192. The third kappa shape index (κ3) is 8.80. The smallest absolute Gasteiger partial charge is 0.475 e. The van der Waals surface area contributed by atoms with Crippen molar-refractivity contribution in [3.05, 3.63) is 70.2 Å². The van der Waals surface area contributed by atoms with Crippen LogP contribution in [0.1, 0.15) is 15.9 Å². The number of amides is 2. The van der Waals surface area contributed by atoms with Crippen molar-refractivity contribution >= 4 is 29.4 Å². The Balaban J connectivity index is 0.000000540. The number of piperazine rings is 1. The van der Waals surface area contributed by atoms with Crippen LogP contribution in [0.3, 0.4) is 0 Å². The summed E-state index contributed by atoms with van der Waals surface area (Å²) in [5, 5.41) is 10.1. The van der Waals surface area contributed by atoms with Crippen molar-refractivity contribution in [1.29, 1.82) is 0 Å². The molecular formula is C22H21ClF5N3O4. The molecule has 13 heteroatoms. The molecule has 0 unspecified atom stereocenters. The Morgan fingerprint density at radius 2 is 1.60 bits per heavy atom. The summed E-state index contributed by atoms with van der Waals surface area (Å²) in [6.07, 6.45) is -5.08. The van der Waals surface area contributed by atoms with E-state index in [0.717, 1.165) is 6.07 Å². The first kappa shape index (κ1) is 28.0. The van der Waals surface area contributed by atoms with E-state index in [0.29, 0.717) is 31.7 Å². The SMILES string of the molecule is O=C(CN(Cc1ccc(F)cc1)C(=O)c1ccc(F)c(Cl)c1)N1CCNCC1.O=C(O)C(F)(F)F. The first-order chi connectivity index (χ1) is 16.4. The standard InChI is InChI=1S/C20H20ClF2N3O2.C2HF3O2/c21-17-11-15(3-6-18(17)23)20(28)26(12-14-1-4-16(22)5-2-14)13-19(27)25-9-7-24-8-10-25;3-2(4,5)1(6)7/h1-6,11,24H,7-10,12-13H2;(H,6,7). The lowest BCUT2D eigenvalue weighted by Gasteiger charge is -2.30. The average molecular weight is 522 g/mol. The maximum absolute atomic E-state index is 13.4. The van der Waals surface area contributed by atoms with Crippen molar-refractivity contribution < 1.29 is 41.4 Å². The molecule has 1 heterocycles. The van der Waals surface area contributed by atoms with E-state index in [1.807, 2.05) is 0 Å². The van der Waals surface area contributed by atoms with Crippen LogP contribution in [0.25, 0.3) is 0 Å². The van der Waals surface area contributed by atoms with Crippen molar-refractivity contribution in [2.45, 2.75) is 12.7 Å². The molecule has 35 heavy (non-hydrogen) atoms. The molecule has 0 aliphatic carbocycles. The molecular weight excluding hydrogens is 501 g/mol. The van der Waals surface area contributed by atoms with Crippen LogP contribution in [0, 0.1) is 11.6 Å². The van der Waals surface area contributed by atoms with Gasteiger partial charge in [-0.3, -0.25) is 9.59 Å². The maximum Gasteiger partial charge on any atom is 0.490 e. The normalized spacial score (nSPS) is 13.5. The number of rotatable bonds is 5. The van der Waals surface area contributed by atoms with Gasteiger partial charge in [0.1, 0.15) is 18.2 Å². The Morgan fingerprint density at radius 1 is 1.03 bits per heavy atom. The quantitative estimate of drug-likeness (QED) is 0.589. The average Bonchev–Trinajstić information content (AvgIpc) is 2.81. The second-order valence-electron chi connectivity index (χ2n) is 7.35. The number of nitrogens with zero attached hydrogens (tertiary/aromatic N) is 2. The van der Waals surface area contributed by atoms with Crippen molar-refractivity contribution in [2.75, 3.05) is 32.7 Å². The molecule has 0 spiro atoms. The van der Waals surface area contributed by atoms with Crippen LogP contribution in [0.15, 0.2) is 42.5 Å². The first-order valence-electron chi connectivity index (χ1n) is 10.2. The number of hydrogen-bond acceptors (Lipinski definition) is 4. The number of carboxylic acids is 1. The molecule has 1 fully saturated rings. The van der Waals surface area contributed by atoms with Gasteiger partial charge < -0.3 is 20.2 Å². The summed E-state index contributed by atoms with van der Waals surface area (Å²) in [5.74, 6) is -4.39. The fourth-order valence-corrected chi connectivity index (χ4v) is 3.18. The zero-order valence-corrected chi connectivity index (χ0v) is 18.9. The number of carbonyl (C=O) groups excluding carboxylic acids is 2. The number of carboxylic acid groups (broad SMARTS) is 1. The Morgan fingerprint density at radius 3 is 2.11 bits per heavy atom. The summed E-state index contributed by atoms with van der Waals surface area (Å²) in [6.45, 7) is 2.52. The Hall–Kier alpha value is -3.25. The molecule has 0 saturated carbocycles. The third-order valence-electron chi connectivity index (χ3n) is 4.78. The van der Waals surface area contributed by atoms with Gasteiger partial charge in [0.2, 0.25) is 5.91 Å². The zero-order valence-electron chi connectivity index (χ0n) is 18.1. The van der Waals surface area contributed by atoms with E-state index in [9.17, 15) is 31.5 Å². The van der Waals surface area contributed by atoms with E-state index >= 15 is 0 Å². The summed E-state index contributed by atoms with van der Waals surface area (Å²) >= 11 is 5.80. The van der Waals surface area contributed by atoms with E-state index < -0.39 is 23.9 Å². The zero-order chi connectivity index (χ0) is 26.2. The molecule has 2 aromatic rings. The van der Waals surface area contributed by atoms with E-state index in [2.05, 4.69) is 5.32 Å². The second-order valence-corrected chi connectivity index (χ2v) is 7.76. The highest BCUT2D eigenvalue weighted by atomic mass is 35.5. The lowest BCUT2D eigenvalue weighted by atomic mass is 10.1. The Labute approximate surface area is 202 Å². The summed E-state index contributed by atoms with van der Waals surface area (Å²) in [6, 6.07) is 9.40. The van der Waals surface area contributed by atoms with Gasteiger partial charge in [-0.1, -0.05) is 23.7 Å². The van der Waals surface area contributed by atoms with Gasteiger partial charge in [-0.15, -0.1) is 0 Å². The largest absolute Gasteiger partial charge is 0.490 e. The van der Waals surface area contributed by atoms with E-state index in [1.165, 1.54) is 29.2 Å². The molecule has 0 bridgehead atoms. The molecule has 2 aromatic carbocycles. The predicted octanol–water partition coefficient (Wildman–Crippen LogP) is 3.33. The Kier molecular flexibility index (Phi) is 9.96. The summed E-state index contributed by atoms with van der Waals surface area (Å²) < 4.78 is 58.4. The molecule has 1 saturated heterocycles. The topological polar surface area (TPSA) is 90.0 Å². The molecule has 7 nitrogen and oxygen atoms in total. The van der Waals surface area contributed by atoms with Crippen LogP contribution in [-0.2, 0) is 16.1 Å². The van der Waals surface area contributed by atoms with Gasteiger partial charge in [0.25, 0.3) is 5.91 Å². The van der Waals surface area contributed by atoms with Gasteiger partial charge in [0, 0.05) is 38.3 Å². The van der Waals surface area contributed by atoms with Crippen LogP contribution >= 0.6 is 11.6 Å². The minimum Gasteiger partial charge on any atom is -0.475 e. The van der Waals surface area contributed by atoms with Crippen LogP contribution in [0.4, 0.5) is 22.0 Å². The fourth-order valence-electron chi connectivity index (χ4n) is 3.00. The van der Waals surface area contributed by atoms with E-state index in [1.54, 1.807) is 17.0 Å². The maximum atomic E-state index is 13.4. The lowest BCUT2D eigenvalue weighted by Crippen LogP contribution is -2.50. The van der Waals surface area contributed by atoms with Crippen LogP contribution in [0.2, 0.25) is 5.02 Å². The van der Waals surface area contributed by atoms with Crippen LogP contribution in [-0.4, -0.2) is 71.6 Å². The monoisotopic (exact) mass is 521 g/mol. The predicted molar refractivity (Wildman–Crippen MR) is 116 cm³/mol. The van der Waals surface area contributed by atoms with E-state index in [4.69, 9.17) is 21.5 Å². The molecule has 0 atom stereocenters. The second kappa shape index (κ2) is 12.5. The van der Waals surface area contributed by atoms with Crippen LogP contribution in [0.5, 0.6) is 0 Å². The van der Waals surface area contributed by atoms with Gasteiger partial charge in [-0.05, 0) is 35.9 Å². The number of carbonyl (C=O) groups is 3. The van der Waals surface area contributed by atoms with Crippen molar-refractivity contribution in [2.24, 2.45) is 0 Å². The summed E-state index contributed by atoms with van der Waals surface area (Å²) in [4.78, 5) is 37.6. The molecule has 0 aromatic heterocycles. The van der Waals surface area contributed by atoms with E-state index in [-0.39, 0.29) is 35.4 Å². The molecule has 190 valence electrons. The number of nitrogens with one attached hydrogen (secondary N) is 1. The summed E-state index contributed by atoms with van der Waals surface area (Å²) in [7, 11) is 0. The first-order valence-corrected chi connectivity index (χ1v) is 10.5. The van der Waals surface area contributed by atoms with Gasteiger partial charge in [-0.2, -0.15) is 13.2 Å². The number of alkyl halides is 3. The molecule has 1 aliphatic rings. The molecule has 3 rings (SSSR count). The third-order valence-corrected chi connectivity index (χ3v) is 5.07. The molecule has 2 amide bonds. The number of halogens is 6. The van der Waals surface area contributed by atoms with Crippen molar-refractivity contribution in [3.8, 4) is 0 Å². The van der Waals surface area contributed by atoms with Crippen molar-refractivity contribution in [1.82, 2.24) is 15.1 Å².